The number of carboxylic acid groups (broad SMARTS) is 1. The van der Waals surface area contributed by atoms with E-state index < -0.39 is 34.0 Å². The maximum atomic E-state index is 13.3. The first kappa shape index (κ1) is 31.0. The third-order valence-electron chi connectivity index (χ3n) is 7.31. The van der Waals surface area contributed by atoms with Gasteiger partial charge in [0.2, 0.25) is 21.8 Å². The molecule has 1 aromatic heterocycles. The largest absolute Gasteiger partial charge is 0.493 e. The molecule has 2 atom stereocenters. The van der Waals surface area contributed by atoms with Crippen molar-refractivity contribution in [3.05, 3.63) is 52.8 Å². The van der Waals surface area contributed by atoms with Gasteiger partial charge in [-0.25, -0.2) is 13.2 Å². The van der Waals surface area contributed by atoms with Crippen LogP contribution in [0.4, 0.5) is 0 Å². The number of ether oxygens (including phenoxy) is 1. The maximum absolute atomic E-state index is 13.3. The van der Waals surface area contributed by atoms with Crippen LogP contribution in [-0.2, 0) is 24.4 Å². The second-order valence-corrected chi connectivity index (χ2v) is 12.9. The van der Waals surface area contributed by atoms with Gasteiger partial charge in [0, 0.05) is 48.5 Å². The molecule has 2 saturated heterocycles. The van der Waals surface area contributed by atoms with Crippen molar-refractivity contribution < 1.29 is 32.6 Å². The molecule has 222 valence electrons. The molecule has 2 aromatic rings. The molecule has 0 saturated carbocycles. The summed E-state index contributed by atoms with van der Waals surface area (Å²) in [5, 5.41) is 12.4. The molecule has 2 amide bonds. The molecule has 3 heterocycles. The first-order chi connectivity index (χ1) is 19.5. The van der Waals surface area contributed by atoms with E-state index in [1.807, 2.05) is 0 Å². The Morgan fingerprint density at radius 1 is 1.05 bits per heavy atom. The fourth-order valence-electron chi connectivity index (χ4n) is 5.05. The Balaban J connectivity index is 1.28. The molecule has 11 nitrogen and oxygen atoms in total. The average molecular weight is 628 g/mol. The lowest BCUT2D eigenvalue weighted by molar-refractivity contribution is -0.143. The van der Waals surface area contributed by atoms with Crippen LogP contribution in [0.25, 0.3) is 0 Å². The molecule has 2 fully saturated rings. The van der Waals surface area contributed by atoms with Crippen LogP contribution in [0, 0.1) is 5.92 Å². The van der Waals surface area contributed by atoms with E-state index in [1.165, 1.54) is 18.2 Å². The van der Waals surface area contributed by atoms with Gasteiger partial charge in [0.15, 0.2) is 0 Å². The number of sulfonamides is 1. The minimum Gasteiger partial charge on any atom is -0.493 e. The van der Waals surface area contributed by atoms with E-state index in [1.54, 1.807) is 29.4 Å². The molecule has 41 heavy (non-hydrogen) atoms. The number of likely N-dealkylation sites (tertiary alicyclic amines) is 1. The van der Waals surface area contributed by atoms with Crippen molar-refractivity contribution in [3.8, 4) is 5.75 Å². The molecule has 0 radical (unpaired) electrons. The van der Waals surface area contributed by atoms with Crippen LogP contribution < -0.4 is 10.1 Å². The van der Waals surface area contributed by atoms with Crippen LogP contribution in [-0.4, -0.2) is 83.8 Å². The highest BCUT2D eigenvalue weighted by atomic mass is 35.5. The topological polar surface area (TPSA) is 146 Å². The van der Waals surface area contributed by atoms with Gasteiger partial charge in [-0.1, -0.05) is 23.2 Å². The summed E-state index contributed by atoms with van der Waals surface area (Å²) in [4.78, 5) is 43.3. The van der Waals surface area contributed by atoms with E-state index >= 15 is 0 Å². The van der Waals surface area contributed by atoms with Crippen molar-refractivity contribution in [1.29, 1.82) is 0 Å². The highest BCUT2D eigenvalue weighted by Crippen LogP contribution is 2.30. The van der Waals surface area contributed by atoms with E-state index in [4.69, 9.17) is 27.9 Å². The number of aromatic nitrogens is 1. The number of hydrogen-bond acceptors (Lipinski definition) is 7. The molecule has 1 aromatic carbocycles. The quantitative estimate of drug-likeness (QED) is 0.386. The number of benzene rings is 1. The molecule has 0 aliphatic carbocycles. The number of amides is 2. The number of halogens is 2. The molecule has 0 unspecified atom stereocenters. The summed E-state index contributed by atoms with van der Waals surface area (Å²) in [6.45, 7) is 1.70. The number of hydrogen-bond donors (Lipinski definition) is 2. The zero-order valence-corrected chi connectivity index (χ0v) is 24.6. The van der Waals surface area contributed by atoms with Crippen LogP contribution in [0.5, 0.6) is 5.75 Å². The highest BCUT2D eigenvalue weighted by Gasteiger charge is 2.41. The van der Waals surface area contributed by atoms with Gasteiger partial charge in [-0.15, -0.1) is 0 Å². The molecule has 0 spiro atoms. The Morgan fingerprint density at radius 3 is 2.34 bits per heavy atom. The first-order valence-electron chi connectivity index (χ1n) is 13.4. The van der Waals surface area contributed by atoms with Crippen LogP contribution in [0.3, 0.4) is 0 Å². The zero-order valence-electron chi connectivity index (χ0n) is 22.2. The number of carbonyl (C=O) groups is 3. The molecule has 0 bridgehead atoms. The zero-order chi connectivity index (χ0) is 29.6. The van der Waals surface area contributed by atoms with Gasteiger partial charge < -0.3 is 20.1 Å². The van der Waals surface area contributed by atoms with Crippen molar-refractivity contribution in [1.82, 2.24) is 19.5 Å². The maximum Gasteiger partial charge on any atom is 0.326 e. The lowest BCUT2D eigenvalue weighted by atomic mass is 9.97. The van der Waals surface area contributed by atoms with E-state index in [0.717, 1.165) is 22.9 Å². The number of pyridine rings is 1. The fraction of sp³-hybridized carbons (Fsp3) is 0.481. The van der Waals surface area contributed by atoms with Gasteiger partial charge in [-0.05, 0) is 68.4 Å². The van der Waals surface area contributed by atoms with Crippen LogP contribution in [0.15, 0.2) is 47.6 Å². The number of aliphatic carboxylic acids is 1. The third-order valence-corrected chi connectivity index (χ3v) is 9.64. The molecule has 2 aliphatic heterocycles. The fourth-order valence-corrected chi connectivity index (χ4v) is 7.44. The van der Waals surface area contributed by atoms with E-state index in [9.17, 15) is 27.9 Å². The standard InChI is InChI=1S/C27H32Cl2N4O7S/c28-19-14-20(29)16-22(15-19)41(38,39)33-11-1-2-24(33)26(35)31-23(27(36)37)3-4-25(34)32-12-7-18(8-13-32)17-40-21-5-9-30-10-6-21/h5-6,9-10,14-16,18,23-24H,1-4,7-8,11-13,17H2,(H,31,35)(H,36,37)/t23-,24-/m0/s1. The number of carbonyl (C=O) groups excluding carboxylic acids is 2. The Labute approximate surface area is 248 Å². The van der Waals surface area contributed by atoms with Gasteiger partial charge in [-0.3, -0.25) is 14.6 Å². The van der Waals surface area contributed by atoms with Crippen molar-refractivity contribution in [2.24, 2.45) is 5.92 Å². The predicted octanol–water partition coefficient (Wildman–Crippen LogP) is 3.21. The summed E-state index contributed by atoms with van der Waals surface area (Å²) in [7, 11) is -4.12. The molecule has 14 heteroatoms. The predicted molar refractivity (Wildman–Crippen MR) is 151 cm³/mol. The van der Waals surface area contributed by atoms with Gasteiger partial charge in [0.1, 0.15) is 17.8 Å². The summed E-state index contributed by atoms with van der Waals surface area (Å²) in [6, 6.07) is 5.03. The Bertz CT molecular complexity index is 1330. The normalized spacial score (nSPS) is 19.1. The molecular formula is C27H32Cl2N4O7S. The monoisotopic (exact) mass is 626 g/mol. The van der Waals surface area contributed by atoms with Gasteiger partial charge in [-0.2, -0.15) is 4.31 Å². The first-order valence-corrected chi connectivity index (χ1v) is 15.6. The van der Waals surface area contributed by atoms with Gasteiger partial charge in [0.25, 0.3) is 0 Å². The lowest BCUT2D eigenvalue weighted by Crippen LogP contribution is -2.51. The molecular weight excluding hydrogens is 595 g/mol. The average Bonchev–Trinajstić information content (AvgIpc) is 3.45. The minimum absolute atomic E-state index is 0.0663. The van der Waals surface area contributed by atoms with Crippen molar-refractivity contribution in [3.63, 3.8) is 0 Å². The third kappa shape index (κ3) is 8.09. The van der Waals surface area contributed by atoms with E-state index in [-0.39, 0.29) is 46.7 Å². The summed E-state index contributed by atoms with van der Waals surface area (Å²) in [5.74, 6) is -1.18. The van der Waals surface area contributed by atoms with Gasteiger partial charge >= 0.3 is 5.97 Å². The van der Waals surface area contributed by atoms with Crippen LogP contribution in [0.2, 0.25) is 10.0 Å². The van der Waals surface area contributed by atoms with Gasteiger partial charge in [0.05, 0.1) is 11.5 Å². The minimum atomic E-state index is -4.12. The van der Waals surface area contributed by atoms with Crippen molar-refractivity contribution in [2.75, 3.05) is 26.2 Å². The van der Waals surface area contributed by atoms with Crippen LogP contribution >= 0.6 is 23.2 Å². The van der Waals surface area contributed by atoms with E-state index in [0.29, 0.717) is 32.0 Å². The number of nitrogens with one attached hydrogen (secondary N) is 1. The summed E-state index contributed by atoms with van der Waals surface area (Å²) < 4.78 is 33.3. The SMILES string of the molecule is O=C(O)[C@H](CCC(=O)N1CCC(COc2ccncc2)CC1)NC(=O)[C@@H]1CCCN1S(=O)(=O)c1cc(Cl)cc(Cl)c1. The summed E-state index contributed by atoms with van der Waals surface area (Å²) in [5.41, 5.74) is 0. The number of nitrogens with zero attached hydrogens (tertiary/aromatic N) is 3. The number of carboxylic acids is 1. The van der Waals surface area contributed by atoms with Crippen LogP contribution in [0.1, 0.15) is 38.5 Å². The Kier molecular flexibility index (Phi) is 10.5. The molecule has 2 N–H and O–H groups in total. The summed E-state index contributed by atoms with van der Waals surface area (Å²) in [6.07, 6.45) is 5.31. The second kappa shape index (κ2) is 13.8. The smallest absolute Gasteiger partial charge is 0.326 e. The highest BCUT2D eigenvalue weighted by molar-refractivity contribution is 7.89. The second-order valence-electron chi connectivity index (χ2n) is 10.1. The number of piperidine rings is 1. The molecule has 2 aliphatic rings. The Morgan fingerprint density at radius 2 is 1.71 bits per heavy atom. The lowest BCUT2D eigenvalue weighted by Gasteiger charge is -2.32. The van der Waals surface area contributed by atoms with E-state index in [2.05, 4.69) is 10.3 Å². The summed E-state index contributed by atoms with van der Waals surface area (Å²) >= 11 is 12.0. The van der Waals surface area contributed by atoms with Crippen molar-refractivity contribution in [2.45, 2.75) is 55.5 Å². The van der Waals surface area contributed by atoms with Crippen molar-refractivity contribution >= 4 is 51.0 Å². The number of rotatable bonds is 11. The Hall–Kier alpha value is -2.93. The molecule has 4 rings (SSSR count).